The Balaban J connectivity index is 2.15. The third-order valence-electron chi connectivity index (χ3n) is 2.48. The molecule has 0 amide bonds. The highest BCUT2D eigenvalue weighted by atomic mass is 32.2. The quantitative estimate of drug-likeness (QED) is 0.871. The minimum atomic E-state index is -0.122. The Kier molecular flexibility index (Phi) is 4.04. The van der Waals surface area contributed by atoms with Crippen LogP contribution in [0.5, 0.6) is 0 Å². The lowest BCUT2D eigenvalue weighted by Crippen LogP contribution is -2.19. The number of thioether (sulfide) groups is 1. The van der Waals surface area contributed by atoms with Gasteiger partial charge in [-0.15, -0.1) is 11.8 Å². The molecule has 0 bridgehead atoms. The number of rotatable bonds is 3. The highest BCUT2D eigenvalue weighted by molar-refractivity contribution is 7.98. The third-order valence-corrected chi connectivity index (χ3v) is 3.49. The van der Waals surface area contributed by atoms with Crippen molar-refractivity contribution < 1.29 is 0 Å². The molecular formula is C14H18N4S. The Morgan fingerprint density at radius 3 is 2.37 bits per heavy atom. The van der Waals surface area contributed by atoms with E-state index in [9.17, 15) is 0 Å². The topological polar surface area (TPSA) is 64.7 Å². The summed E-state index contributed by atoms with van der Waals surface area (Å²) in [5.74, 6) is 2.46. The van der Waals surface area contributed by atoms with E-state index >= 15 is 0 Å². The smallest absolute Gasteiger partial charge is 0.223 e. The average Bonchev–Trinajstić information content (AvgIpc) is 2.36. The zero-order valence-corrected chi connectivity index (χ0v) is 12.2. The lowest BCUT2D eigenvalue weighted by atomic mass is 9.96. The highest BCUT2D eigenvalue weighted by Gasteiger charge is 2.19. The van der Waals surface area contributed by atoms with E-state index in [2.05, 4.69) is 47.9 Å². The standard InChI is InChI=1S/C14H18N4S/c1-14(2,3)12-16-11(17-13(15)18-12)9-19-10-7-5-4-6-8-10/h4-8H,9H2,1-3H3,(H2,15,16,17,18). The SMILES string of the molecule is CC(C)(C)c1nc(N)nc(CSc2ccccc2)n1. The summed E-state index contributed by atoms with van der Waals surface area (Å²) in [6.07, 6.45) is 0. The van der Waals surface area contributed by atoms with Crippen molar-refractivity contribution in [3.8, 4) is 0 Å². The van der Waals surface area contributed by atoms with Gasteiger partial charge in [0.2, 0.25) is 5.95 Å². The summed E-state index contributed by atoms with van der Waals surface area (Å²) in [4.78, 5) is 14.1. The molecule has 1 aromatic carbocycles. The number of benzene rings is 1. The molecule has 4 nitrogen and oxygen atoms in total. The first-order valence-electron chi connectivity index (χ1n) is 6.14. The predicted octanol–water partition coefficient (Wildman–Crippen LogP) is 3.04. The molecule has 19 heavy (non-hydrogen) atoms. The number of nitrogen functional groups attached to an aromatic ring is 1. The van der Waals surface area contributed by atoms with Gasteiger partial charge in [0.05, 0.1) is 5.75 Å². The number of hydrogen-bond acceptors (Lipinski definition) is 5. The van der Waals surface area contributed by atoms with E-state index in [0.717, 1.165) is 11.6 Å². The highest BCUT2D eigenvalue weighted by Crippen LogP contribution is 2.23. The van der Waals surface area contributed by atoms with Crippen molar-refractivity contribution in [2.24, 2.45) is 0 Å². The lowest BCUT2D eigenvalue weighted by molar-refractivity contribution is 0.539. The Morgan fingerprint density at radius 1 is 1.05 bits per heavy atom. The largest absolute Gasteiger partial charge is 0.368 e. The zero-order valence-electron chi connectivity index (χ0n) is 11.4. The van der Waals surface area contributed by atoms with Crippen LogP contribution in [-0.4, -0.2) is 15.0 Å². The van der Waals surface area contributed by atoms with Crippen molar-refractivity contribution in [2.45, 2.75) is 36.8 Å². The molecule has 0 unspecified atom stereocenters. The van der Waals surface area contributed by atoms with Gasteiger partial charge >= 0.3 is 0 Å². The molecular weight excluding hydrogens is 256 g/mol. The Hall–Kier alpha value is -1.62. The molecule has 0 spiro atoms. The second-order valence-corrected chi connectivity index (χ2v) is 6.33. The number of nitrogens with two attached hydrogens (primary N) is 1. The van der Waals surface area contributed by atoms with E-state index in [0.29, 0.717) is 11.7 Å². The molecule has 100 valence electrons. The molecule has 5 heteroatoms. The first kappa shape index (κ1) is 13.8. The van der Waals surface area contributed by atoms with E-state index in [1.807, 2.05) is 18.2 Å². The first-order valence-corrected chi connectivity index (χ1v) is 7.12. The second-order valence-electron chi connectivity index (χ2n) is 5.29. The van der Waals surface area contributed by atoms with Crippen LogP contribution in [0.1, 0.15) is 32.4 Å². The van der Waals surface area contributed by atoms with Crippen LogP contribution < -0.4 is 5.73 Å². The molecule has 0 aliphatic rings. The molecule has 1 aromatic heterocycles. The van der Waals surface area contributed by atoms with Crippen molar-refractivity contribution in [1.82, 2.24) is 15.0 Å². The second kappa shape index (κ2) is 5.57. The van der Waals surface area contributed by atoms with Crippen molar-refractivity contribution >= 4 is 17.7 Å². The number of aromatic nitrogens is 3. The molecule has 0 aliphatic carbocycles. The van der Waals surface area contributed by atoms with Crippen LogP contribution in [0, 0.1) is 0 Å². The normalized spacial score (nSPS) is 11.5. The molecule has 0 fully saturated rings. The number of anilines is 1. The zero-order chi connectivity index (χ0) is 13.9. The van der Waals surface area contributed by atoms with Gasteiger partial charge in [-0.1, -0.05) is 39.0 Å². The molecule has 0 saturated heterocycles. The van der Waals surface area contributed by atoms with Gasteiger partial charge in [0.15, 0.2) is 0 Å². The fourth-order valence-electron chi connectivity index (χ4n) is 1.50. The lowest BCUT2D eigenvalue weighted by Gasteiger charge is -2.17. The van der Waals surface area contributed by atoms with E-state index in [1.54, 1.807) is 11.8 Å². The van der Waals surface area contributed by atoms with Crippen LogP contribution in [0.25, 0.3) is 0 Å². The summed E-state index contributed by atoms with van der Waals surface area (Å²) >= 11 is 1.69. The fraction of sp³-hybridized carbons (Fsp3) is 0.357. The number of hydrogen-bond donors (Lipinski definition) is 1. The van der Waals surface area contributed by atoms with Gasteiger partial charge in [-0.25, -0.2) is 4.98 Å². The van der Waals surface area contributed by atoms with Gasteiger partial charge in [0, 0.05) is 10.3 Å². The summed E-state index contributed by atoms with van der Waals surface area (Å²) in [6, 6.07) is 10.2. The average molecular weight is 274 g/mol. The van der Waals surface area contributed by atoms with Gasteiger partial charge in [0.25, 0.3) is 0 Å². The van der Waals surface area contributed by atoms with Gasteiger partial charge in [-0.2, -0.15) is 9.97 Å². The van der Waals surface area contributed by atoms with Gasteiger partial charge in [0.1, 0.15) is 11.6 Å². The Bertz CT molecular complexity index is 549. The first-order chi connectivity index (χ1) is 8.95. The Morgan fingerprint density at radius 2 is 1.74 bits per heavy atom. The van der Waals surface area contributed by atoms with Crippen LogP contribution in [0.2, 0.25) is 0 Å². The molecule has 0 aliphatic heterocycles. The predicted molar refractivity (Wildman–Crippen MR) is 78.9 cm³/mol. The van der Waals surface area contributed by atoms with Crippen LogP contribution in [-0.2, 0) is 11.2 Å². The van der Waals surface area contributed by atoms with Crippen molar-refractivity contribution in [2.75, 3.05) is 5.73 Å². The van der Waals surface area contributed by atoms with Gasteiger partial charge in [-0.05, 0) is 12.1 Å². The third kappa shape index (κ3) is 3.92. The van der Waals surface area contributed by atoms with Crippen molar-refractivity contribution in [1.29, 1.82) is 0 Å². The van der Waals surface area contributed by atoms with Crippen LogP contribution >= 0.6 is 11.8 Å². The maximum atomic E-state index is 5.75. The van der Waals surface area contributed by atoms with Crippen LogP contribution in [0.3, 0.4) is 0 Å². The van der Waals surface area contributed by atoms with Crippen LogP contribution in [0.15, 0.2) is 35.2 Å². The Labute approximate surface area is 117 Å². The van der Waals surface area contributed by atoms with E-state index in [-0.39, 0.29) is 5.41 Å². The number of nitrogens with zero attached hydrogens (tertiary/aromatic N) is 3. The minimum absolute atomic E-state index is 0.122. The molecule has 0 atom stereocenters. The summed E-state index contributed by atoms with van der Waals surface area (Å²) < 4.78 is 0. The minimum Gasteiger partial charge on any atom is -0.368 e. The molecule has 2 aromatic rings. The molecule has 0 radical (unpaired) electrons. The van der Waals surface area contributed by atoms with Crippen LogP contribution in [0.4, 0.5) is 5.95 Å². The van der Waals surface area contributed by atoms with E-state index in [4.69, 9.17) is 5.73 Å². The van der Waals surface area contributed by atoms with Crippen molar-refractivity contribution in [3.63, 3.8) is 0 Å². The summed E-state index contributed by atoms with van der Waals surface area (Å²) in [6.45, 7) is 6.20. The molecule has 1 heterocycles. The van der Waals surface area contributed by atoms with Gasteiger partial charge < -0.3 is 5.73 Å². The van der Waals surface area contributed by atoms with E-state index < -0.39 is 0 Å². The van der Waals surface area contributed by atoms with E-state index in [1.165, 1.54) is 4.90 Å². The summed E-state index contributed by atoms with van der Waals surface area (Å²) in [5, 5.41) is 0. The summed E-state index contributed by atoms with van der Waals surface area (Å²) in [5.41, 5.74) is 5.63. The molecule has 0 saturated carbocycles. The van der Waals surface area contributed by atoms with Crippen molar-refractivity contribution in [3.05, 3.63) is 42.0 Å². The molecule has 2 N–H and O–H groups in total. The van der Waals surface area contributed by atoms with Gasteiger partial charge in [-0.3, -0.25) is 0 Å². The summed E-state index contributed by atoms with van der Waals surface area (Å²) in [7, 11) is 0. The monoisotopic (exact) mass is 274 g/mol. The maximum absolute atomic E-state index is 5.75. The fourth-order valence-corrected chi connectivity index (χ4v) is 2.28. The molecule has 2 rings (SSSR count). The maximum Gasteiger partial charge on any atom is 0.223 e.